The Balaban J connectivity index is 7.45. The number of rotatable bonds is 0. The Morgan fingerprint density at radius 3 is 0.667 bits per heavy atom. The van der Waals surface area contributed by atoms with Gasteiger partial charge in [-0.1, -0.05) is 0 Å². The maximum absolute atomic E-state index is 8.64. The molecular formula is O5Ru. The van der Waals surface area contributed by atoms with Crippen molar-refractivity contribution in [3.63, 3.8) is 0 Å². The van der Waals surface area contributed by atoms with Crippen LogP contribution in [0.4, 0.5) is 0 Å². The van der Waals surface area contributed by atoms with Crippen molar-refractivity contribution in [1.82, 2.24) is 0 Å². The SMILES string of the molecule is [O]=[Ru](=[O])(=[O])(=[O])=[O]. The third-order valence-corrected chi connectivity index (χ3v) is 0. The van der Waals surface area contributed by atoms with Crippen LogP contribution in [0.5, 0.6) is 0 Å². The zero-order chi connectivity index (χ0) is 5.45. The second-order valence-electron chi connectivity index (χ2n) is 0.589. The minimum atomic E-state index is -7.72. The molecule has 0 aromatic carbocycles. The molecule has 0 aliphatic heterocycles. The summed E-state index contributed by atoms with van der Waals surface area (Å²) in [7, 11) is 0. The molecule has 6 heavy (non-hydrogen) atoms. The van der Waals surface area contributed by atoms with Gasteiger partial charge in [0.25, 0.3) is 0 Å². The van der Waals surface area contributed by atoms with Crippen LogP contribution < -0.4 is 0 Å². The fourth-order valence-electron chi connectivity index (χ4n) is 0. The first-order chi connectivity index (χ1) is 2.24. The van der Waals surface area contributed by atoms with Crippen LogP contribution in [0.15, 0.2) is 0 Å². The van der Waals surface area contributed by atoms with E-state index in [1.807, 2.05) is 0 Å². The standard InChI is InChI=1S/5O.Ru. The van der Waals surface area contributed by atoms with Crippen molar-refractivity contribution in [2.75, 3.05) is 0 Å². The van der Waals surface area contributed by atoms with Gasteiger partial charge in [-0.3, -0.25) is 0 Å². The maximum atomic E-state index is 8.64. The molecule has 5 nitrogen and oxygen atoms in total. The molecule has 0 fully saturated rings. The number of hydrogen-bond donors (Lipinski definition) is 0. The average Bonchev–Trinajstić information content (AvgIpc) is 0.650. The van der Waals surface area contributed by atoms with Gasteiger partial charge in [-0.2, -0.15) is 0 Å². The molecule has 0 aromatic heterocycles. The van der Waals surface area contributed by atoms with Crippen molar-refractivity contribution >= 4 is 0 Å². The molecule has 0 N–H and O–H groups in total. The van der Waals surface area contributed by atoms with Crippen molar-refractivity contribution in [3.8, 4) is 0 Å². The third-order valence-electron chi connectivity index (χ3n) is 0. The molecule has 0 atom stereocenters. The Hall–Kier alpha value is -0.377. The Kier molecular flexibility index (Phi) is 0.614. The summed E-state index contributed by atoms with van der Waals surface area (Å²) in [5.74, 6) is 0. The molecule has 0 radical (unpaired) electrons. The molecule has 0 aliphatic rings. The first kappa shape index (κ1) is 5.62. The van der Waals surface area contributed by atoms with Crippen molar-refractivity contribution < 1.29 is 31.2 Å². The molecule has 0 rings (SSSR count). The van der Waals surface area contributed by atoms with Crippen molar-refractivity contribution in [2.24, 2.45) is 0 Å². The van der Waals surface area contributed by atoms with Crippen LogP contribution in [0.3, 0.4) is 0 Å². The summed E-state index contributed by atoms with van der Waals surface area (Å²) in [5, 5.41) is 0. The fourth-order valence-corrected chi connectivity index (χ4v) is 0. The summed E-state index contributed by atoms with van der Waals surface area (Å²) in [5.41, 5.74) is 0. The Morgan fingerprint density at radius 2 is 0.667 bits per heavy atom. The average molecular weight is 181 g/mol. The van der Waals surface area contributed by atoms with Crippen molar-refractivity contribution in [1.29, 1.82) is 0 Å². The van der Waals surface area contributed by atoms with E-state index in [0.29, 0.717) is 0 Å². The summed E-state index contributed by atoms with van der Waals surface area (Å²) in [6.07, 6.45) is 0. The van der Waals surface area contributed by atoms with Crippen LogP contribution in [0, 0.1) is 0 Å². The van der Waals surface area contributed by atoms with Crippen LogP contribution in [0.2, 0.25) is 0 Å². The fraction of sp³-hybridized carbons (Fsp3) is 0. The van der Waals surface area contributed by atoms with Gasteiger partial charge in [0.05, 0.1) is 0 Å². The van der Waals surface area contributed by atoms with E-state index in [1.54, 1.807) is 0 Å². The third kappa shape index (κ3) is 176. The first-order valence-electron chi connectivity index (χ1n) is 0.722. The molecule has 0 saturated heterocycles. The molecule has 0 saturated carbocycles. The molecule has 0 heterocycles. The quantitative estimate of drug-likeness (QED) is 0.466. The van der Waals surface area contributed by atoms with E-state index in [1.165, 1.54) is 0 Å². The predicted octanol–water partition coefficient (Wildman–Crippen LogP) is -0.597. The Bertz CT molecular complexity index is 274. The minimum absolute atomic E-state index is 7.72. The summed E-state index contributed by atoms with van der Waals surface area (Å²) >= 11 is -7.72. The van der Waals surface area contributed by atoms with Gasteiger partial charge in [-0.15, -0.1) is 0 Å². The van der Waals surface area contributed by atoms with Crippen LogP contribution in [0.25, 0.3) is 0 Å². The monoisotopic (exact) mass is 182 g/mol. The molecule has 0 amide bonds. The van der Waals surface area contributed by atoms with Crippen molar-refractivity contribution in [2.45, 2.75) is 0 Å². The van der Waals surface area contributed by atoms with Gasteiger partial charge in [-0.05, 0) is 0 Å². The normalized spacial score (nSPS) is 14.2. The second kappa shape index (κ2) is 0.655. The Labute approximate surface area is 32.0 Å². The molecule has 38 valence electrons. The van der Waals surface area contributed by atoms with E-state index in [0.717, 1.165) is 0 Å². The molecule has 0 aliphatic carbocycles. The van der Waals surface area contributed by atoms with Gasteiger partial charge >= 0.3 is 31.2 Å². The van der Waals surface area contributed by atoms with Gasteiger partial charge in [0.1, 0.15) is 0 Å². The molecular weight excluding hydrogens is 181 g/mol. The van der Waals surface area contributed by atoms with Crippen LogP contribution in [-0.4, -0.2) is 0 Å². The van der Waals surface area contributed by atoms with E-state index in [2.05, 4.69) is 0 Å². The van der Waals surface area contributed by atoms with Crippen molar-refractivity contribution in [3.05, 3.63) is 0 Å². The summed E-state index contributed by atoms with van der Waals surface area (Å²) in [6, 6.07) is 0. The Morgan fingerprint density at radius 1 is 0.667 bits per heavy atom. The van der Waals surface area contributed by atoms with E-state index in [-0.39, 0.29) is 0 Å². The molecule has 0 unspecified atom stereocenters. The van der Waals surface area contributed by atoms with E-state index in [4.69, 9.17) is 17.9 Å². The summed E-state index contributed by atoms with van der Waals surface area (Å²) in [6.45, 7) is 0. The molecule has 0 aromatic rings. The van der Waals surface area contributed by atoms with Gasteiger partial charge in [-0.25, -0.2) is 0 Å². The summed E-state index contributed by atoms with van der Waals surface area (Å²) < 4.78 is 43.2. The first-order valence-corrected chi connectivity index (χ1v) is 4.27. The predicted molar refractivity (Wildman–Crippen MR) is 3.43 cm³/mol. The molecule has 6 heteroatoms. The topological polar surface area (TPSA) is 85.3 Å². The molecule has 0 spiro atoms. The zero-order valence-corrected chi connectivity index (χ0v) is 4.13. The van der Waals surface area contributed by atoms with Crippen LogP contribution >= 0.6 is 0 Å². The van der Waals surface area contributed by atoms with Crippen LogP contribution in [-0.2, 0) is 31.2 Å². The van der Waals surface area contributed by atoms with Crippen LogP contribution in [0.1, 0.15) is 0 Å². The summed E-state index contributed by atoms with van der Waals surface area (Å²) in [4.78, 5) is 0. The zero-order valence-electron chi connectivity index (χ0n) is 2.39. The van der Waals surface area contributed by atoms with Gasteiger partial charge in [0.2, 0.25) is 0 Å². The van der Waals surface area contributed by atoms with E-state index < -0.39 is 13.4 Å². The second-order valence-corrected chi connectivity index (χ2v) is 3.49. The molecule has 0 bridgehead atoms. The number of hydrogen-bond acceptors (Lipinski definition) is 5. The van der Waals surface area contributed by atoms with Gasteiger partial charge < -0.3 is 0 Å². The van der Waals surface area contributed by atoms with E-state index in [9.17, 15) is 0 Å². The van der Waals surface area contributed by atoms with Gasteiger partial charge in [0.15, 0.2) is 0 Å². The van der Waals surface area contributed by atoms with Gasteiger partial charge in [0, 0.05) is 0 Å². The van der Waals surface area contributed by atoms with E-state index >= 15 is 0 Å².